The monoisotopic (exact) mass is 316 g/mol. The highest BCUT2D eigenvalue weighted by Crippen LogP contribution is 2.11. The van der Waals surface area contributed by atoms with Crippen LogP contribution >= 0.6 is 0 Å². The number of hydrogen-bond donors (Lipinski definition) is 1. The zero-order chi connectivity index (χ0) is 16.8. The van der Waals surface area contributed by atoms with Crippen molar-refractivity contribution in [1.29, 1.82) is 0 Å². The predicted molar refractivity (Wildman–Crippen MR) is 83.2 cm³/mol. The number of hydrogen-bond acceptors (Lipinski definition) is 4. The van der Waals surface area contributed by atoms with Gasteiger partial charge in [0, 0.05) is 11.9 Å². The van der Waals surface area contributed by atoms with E-state index >= 15 is 0 Å². The molecule has 0 fully saturated rings. The Labute approximate surface area is 133 Å². The molecule has 0 atom stereocenters. The molecule has 0 bridgehead atoms. The number of carbonyl (C=O) groups excluding carboxylic acids is 2. The van der Waals surface area contributed by atoms with Gasteiger partial charge in [-0.25, -0.2) is 4.39 Å². The molecule has 0 radical (unpaired) electrons. The minimum atomic E-state index is -0.370. The number of rotatable bonds is 5. The van der Waals surface area contributed by atoms with Gasteiger partial charge in [-0.1, -0.05) is 13.8 Å². The summed E-state index contributed by atoms with van der Waals surface area (Å²) in [6.07, 6.45) is 1.40. The summed E-state index contributed by atoms with van der Waals surface area (Å²) in [5.74, 6) is -1.22. The number of amides is 1. The van der Waals surface area contributed by atoms with Crippen LogP contribution in [0.2, 0.25) is 0 Å². The first-order chi connectivity index (χ1) is 11.0. The van der Waals surface area contributed by atoms with E-state index in [4.69, 9.17) is 4.74 Å². The van der Waals surface area contributed by atoms with Gasteiger partial charge >= 0.3 is 5.97 Å². The first-order valence-corrected chi connectivity index (χ1v) is 7.14. The zero-order valence-electron chi connectivity index (χ0n) is 12.9. The van der Waals surface area contributed by atoms with Crippen LogP contribution in [0.5, 0.6) is 0 Å². The maximum absolute atomic E-state index is 12.8. The lowest BCUT2D eigenvalue weighted by atomic mass is 10.2. The molecule has 5 nitrogen and oxygen atoms in total. The number of esters is 1. The molecule has 1 amide bonds. The van der Waals surface area contributed by atoms with Gasteiger partial charge in [-0.05, 0) is 36.4 Å². The van der Waals surface area contributed by atoms with E-state index < -0.39 is 0 Å². The van der Waals surface area contributed by atoms with Crippen molar-refractivity contribution in [2.75, 3.05) is 5.32 Å². The number of nitrogens with zero attached hydrogens (tertiary/aromatic N) is 1. The smallest absolute Gasteiger partial charge is 0.308 e. The van der Waals surface area contributed by atoms with Gasteiger partial charge in [0.25, 0.3) is 5.91 Å². The van der Waals surface area contributed by atoms with Crippen LogP contribution in [0.15, 0.2) is 42.6 Å². The van der Waals surface area contributed by atoms with Crippen LogP contribution in [-0.4, -0.2) is 16.9 Å². The molecule has 120 valence electrons. The Balaban J connectivity index is 1.94. The number of pyridine rings is 1. The summed E-state index contributed by atoms with van der Waals surface area (Å²) in [4.78, 5) is 27.5. The molecular weight excluding hydrogens is 299 g/mol. The van der Waals surface area contributed by atoms with Gasteiger partial charge < -0.3 is 10.1 Å². The molecule has 1 heterocycles. The van der Waals surface area contributed by atoms with Gasteiger partial charge in [0.15, 0.2) is 0 Å². The molecule has 23 heavy (non-hydrogen) atoms. The van der Waals surface area contributed by atoms with Crippen LogP contribution in [0.3, 0.4) is 0 Å². The average molecular weight is 316 g/mol. The molecule has 2 rings (SSSR count). The summed E-state index contributed by atoms with van der Waals surface area (Å²) in [5.41, 5.74) is 1.40. The van der Waals surface area contributed by atoms with Crippen molar-refractivity contribution in [3.8, 4) is 0 Å². The molecule has 6 heteroatoms. The summed E-state index contributed by atoms with van der Waals surface area (Å²) in [7, 11) is 0. The molecule has 0 aliphatic carbocycles. The molecule has 2 aromatic rings. The molecule has 0 aliphatic rings. The lowest BCUT2D eigenvalue weighted by molar-refractivity contribution is -0.148. The fourth-order valence-electron chi connectivity index (χ4n) is 1.69. The first kappa shape index (κ1) is 16.6. The molecule has 0 aliphatic heterocycles. The Morgan fingerprint density at radius 2 is 1.87 bits per heavy atom. The van der Waals surface area contributed by atoms with Crippen molar-refractivity contribution in [2.24, 2.45) is 5.92 Å². The topological polar surface area (TPSA) is 68.3 Å². The molecule has 1 N–H and O–H groups in total. The Morgan fingerprint density at radius 3 is 2.43 bits per heavy atom. The van der Waals surface area contributed by atoms with Crippen molar-refractivity contribution in [3.63, 3.8) is 0 Å². The third-order valence-corrected chi connectivity index (χ3v) is 3.02. The largest absolute Gasteiger partial charge is 0.459 e. The van der Waals surface area contributed by atoms with E-state index in [1.165, 1.54) is 30.5 Å². The van der Waals surface area contributed by atoms with Crippen molar-refractivity contribution in [1.82, 2.24) is 4.98 Å². The second-order valence-corrected chi connectivity index (χ2v) is 5.26. The zero-order valence-corrected chi connectivity index (χ0v) is 12.9. The van der Waals surface area contributed by atoms with E-state index in [1.54, 1.807) is 26.0 Å². The first-order valence-electron chi connectivity index (χ1n) is 7.14. The van der Waals surface area contributed by atoms with Crippen molar-refractivity contribution in [3.05, 3.63) is 59.7 Å². The van der Waals surface area contributed by atoms with Gasteiger partial charge in [0.2, 0.25) is 0 Å². The maximum Gasteiger partial charge on any atom is 0.308 e. The summed E-state index contributed by atoms with van der Waals surface area (Å²) in [5, 5.41) is 2.64. The van der Waals surface area contributed by atoms with Crippen LogP contribution in [0.25, 0.3) is 0 Å². The summed E-state index contributed by atoms with van der Waals surface area (Å²) < 4.78 is 17.9. The minimum Gasteiger partial charge on any atom is -0.459 e. The number of aromatic nitrogens is 1. The van der Waals surface area contributed by atoms with Gasteiger partial charge in [-0.3, -0.25) is 14.6 Å². The maximum atomic E-state index is 12.8. The van der Waals surface area contributed by atoms with E-state index in [0.29, 0.717) is 16.9 Å². The summed E-state index contributed by atoms with van der Waals surface area (Å²) in [6.45, 7) is 3.56. The lowest BCUT2D eigenvalue weighted by Gasteiger charge is -2.08. The van der Waals surface area contributed by atoms with Crippen LogP contribution < -0.4 is 5.32 Å². The highest BCUT2D eigenvalue weighted by Gasteiger charge is 2.10. The Bertz CT molecular complexity index is 682. The van der Waals surface area contributed by atoms with E-state index in [2.05, 4.69) is 10.3 Å². The number of carbonyl (C=O) groups is 2. The number of halogens is 1. The van der Waals surface area contributed by atoms with Gasteiger partial charge in [-0.15, -0.1) is 0 Å². The highest BCUT2D eigenvalue weighted by molar-refractivity contribution is 6.04. The van der Waals surface area contributed by atoms with Gasteiger partial charge in [0.05, 0.1) is 17.2 Å². The Morgan fingerprint density at radius 1 is 1.17 bits per heavy atom. The lowest BCUT2D eigenvalue weighted by Crippen LogP contribution is -2.14. The van der Waals surface area contributed by atoms with Crippen LogP contribution in [0, 0.1) is 11.7 Å². The SMILES string of the molecule is CC(C)C(=O)OCc1ccc(C(=O)Nc2ccc(F)cc2)cn1. The van der Waals surface area contributed by atoms with Gasteiger partial charge in [-0.2, -0.15) is 0 Å². The van der Waals surface area contributed by atoms with Crippen LogP contribution in [-0.2, 0) is 16.1 Å². The van der Waals surface area contributed by atoms with E-state index in [-0.39, 0.29) is 30.2 Å². The number of benzene rings is 1. The molecule has 0 saturated heterocycles. The normalized spacial score (nSPS) is 10.4. The minimum absolute atomic E-state index is 0.0663. The average Bonchev–Trinajstić information content (AvgIpc) is 2.55. The van der Waals surface area contributed by atoms with Gasteiger partial charge in [0.1, 0.15) is 12.4 Å². The molecule has 0 unspecified atom stereocenters. The van der Waals surface area contributed by atoms with E-state index in [9.17, 15) is 14.0 Å². The fourth-order valence-corrected chi connectivity index (χ4v) is 1.69. The molecule has 1 aromatic heterocycles. The Kier molecular flexibility index (Phi) is 5.41. The second kappa shape index (κ2) is 7.49. The van der Waals surface area contributed by atoms with Crippen LogP contribution in [0.4, 0.5) is 10.1 Å². The fraction of sp³-hybridized carbons (Fsp3) is 0.235. The number of ether oxygens (including phenoxy) is 1. The van der Waals surface area contributed by atoms with Crippen molar-refractivity contribution in [2.45, 2.75) is 20.5 Å². The van der Waals surface area contributed by atoms with Crippen molar-refractivity contribution >= 4 is 17.6 Å². The van der Waals surface area contributed by atoms with Crippen molar-refractivity contribution < 1.29 is 18.7 Å². The molecule has 1 aromatic carbocycles. The number of nitrogens with one attached hydrogen (secondary N) is 1. The predicted octanol–water partition coefficient (Wildman–Crippen LogP) is 3.17. The number of anilines is 1. The van der Waals surface area contributed by atoms with Crippen LogP contribution in [0.1, 0.15) is 29.9 Å². The standard InChI is InChI=1S/C17H17FN2O3/c1-11(2)17(22)23-10-15-6-3-12(9-19-15)16(21)20-14-7-4-13(18)5-8-14/h3-9,11H,10H2,1-2H3,(H,20,21). The Hall–Kier alpha value is -2.76. The summed E-state index contributed by atoms with van der Waals surface area (Å²) in [6, 6.07) is 8.68. The third kappa shape index (κ3) is 4.88. The molecular formula is C17H17FN2O3. The molecule has 0 spiro atoms. The second-order valence-electron chi connectivity index (χ2n) is 5.26. The van der Waals surface area contributed by atoms with E-state index in [0.717, 1.165) is 0 Å². The highest BCUT2D eigenvalue weighted by atomic mass is 19.1. The quantitative estimate of drug-likeness (QED) is 0.860. The van der Waals surface area contributed by atoms with E-state index in [1.807, 2.05) is 0 Å². The molecule has 0 saturated carbocycles. The summed E-state index contributed by atoms with van der Waals surface area (Å²) >= 11 is 0. The third-order valence-electron chi connectivity index (χ3n) is 3.02.